The Kier molecular flexibility index (Phi) is 4.35. The molecule has 1 heterocycles. The molecule has 106 valence electrons. The van der Waals surface area contributed by atoms with Crippen molar-refractivity contribution in [2.75, 3.05) is 12.4 Å². The van der Waals surface area contributed by atoms with Gasteiger partial charge in [0.25, 0.3) is 0 Å². The molecule has 0 saturated carbocycles. The van der Waals surface area contributed by atoms with Crippen molar-refractivity contribution in [1.82, 2.24) is 0 Å². The number of anilines is 1. The van der Waals surface area contributed by atoms with E-state index in [1.165, 1.54) is 7.11 Å². The largest absolute Gasteiger partial charge is 0.465 e. The van der Waals surface area contributed by atoms with Crippen molar-refractivity contribution >= 4 is 23.3 Å². The lowest BCUT2D eigenvalue weighted by Crippen LogP contribution is -2.01. The Morgan fingerprint density at radius 2 is 2.10 bits per heavy atom. The summed E-state index contributed by atoms with van der Waals surface area (Å²) in [6.45, 7) is 4.20. The van der Waals surface area contributed by atoms with Crippen molar-refractivity contribution in [3.8, 4) is 0 Å². The number of methoxy groups -OCH3 is 1. The minimum Gasteiger partial charge on any atom is -0.465 e. The summed E-state index contributed by atoms with van der Waals surface area (Å²) < 4.78 is 10.2. The molecule has 4 nitrogen and oxygen atoms in total. The molecule has 2 aromatic rings. The van der Waals surface area contributed by atoms with Crippen LogP contribution < -0.4 is 5.32 Å². The van der Waals surface area contributed by atoms with Gasteiger partial charge in [-0.05, 0) is 37.6 Å². The maximum atomic E-state index is 11.5. The molecular weight excluding hydrogens is 278 g/mol. The minimum atomic E-state index is -0.392. The van der Waals surface area contributed by atoms with Crippen LogP contribution in [0.1, 0.15) is 27.4 Å². The molecule has 0 atom stereocenters. The highest BCUT2D eigenvalue weighted by Crippen LogP contribution is 2.22. The summed E-state index contributed by atoms with van der Waals surface area (Å²) in [5.41, 5.74) is 2.48. The molecule has 1 aromatic heterocycles. The number of benzene rings is 1. The number of esters is 1. The number of halogens is 1. The molecule has 0 saturated heterocycles. The molecule has 0 aliphatic carbocycles. The molecule has 1 aromatic carbocycles. The first-order valence-electron chi connectivity index (χ1n) is 6.19. The summed E-state index contributed by atoms with van der Waals surface area (Å²) in [5, 5.41) is 3.91. The van der Waals surface area contributed by atoms with Gasteiger partial charge in [0.1, 0.15) is 17.1 Å². The number of carbonyl (C=O) groups excluding carboxylic acids is 1. The highest BCUT2D eigenvalue weighted by Gasteiger charge is 2.15. The highest BCUT2D eigenvalue weighted by molar-refractivity contribution is 6.30. The summed E-state index contributed by atoms with van der Waals surface area (Å²) >= 11 is 5.96. The maximum absolute atomic E-state index is 11.5. The van der Waals surface area contributed by atoms with E-state index in [0.717, 1.165) is 11.3 Å². The van der Waals surface area contributed by atoms with E-state index in [1.807, 2.05) is 25.1 Å². The normalized spacial score (nSPS) is 10.4. The number of carbonyl (C=O) groups is 1. The SMILES string of the molecule is COC(=O)c1cc(CNc2cc(Cl)ccc2C)oc1C. The van der Waals surface area contributed by atoms with Crippen molar-refractivity contribution in [1.29, 1.82) is 0 Å². The Morgan fingerprint density at radius 1 is 1.35 bits per heavy atom. The fourth-order valence-electron chi connectivity index (χ4n) is 1.91. The van der Waals surface area contributed by atoms with Gasteiger partial charge in [-0.25, -0.2) is 4.79 Å². The molecule has 0 aliphatic rings. The number of furan rings is 1. The zero-order valence-electron chi connectivity index (χ0n) is 11.6. The van der Waals surface area contributed by atoms with Gasteiger partial charge in [-0.1, -0.05) is 17.7 Å². The van der Waals surface area contributed by atoms with E-state index < -0.39 is 5.97 Å². The van der Waals surface area contributed by atoms with E-state index in [0.29, 0.717) is 28.7 Å². The lowest BCUT2D eigenvalue weighted by Gasteiger charge is -2.08. The van der Waals surface area contributed by atoms with Crippen LogP contribution in [-0.2, 0) is 11.3 Å². The smallest absolute Gasteiger partial charge is 0.341 e. The quantitative estimate of drug-likeness (QED) is 0.867. The van der Waals surface area contributed by atoms with Gasteiger partial charge in [0.2, 0.25) is 0 Å². The van der Waals surface area contributed by atoms with Gasteiger partial charge in [0, 0.05) is 10.7 Å². The van der Waals surface area contributed by atoms with Gasteiger partial charge in [0.15, 0.2) is 0 Å². The molecule has 5 heteroatoms. The fraction of sp³-hybridized carbons (Fsp3) is 0.267. The average Bonchev–Trinajstić information content (AvgIpc) is 2.80. The number of hydrogen-bond acceptors (Lipinski definition) is 4. The molecule has 0 bridgehead atoms. The third-order valence-corrected chi connectivity index (χ3v) is 3.26. The molecule has 0 radical (unpaired) electrons. The fourth-order valence-corrected chi connectivity index (χ4v) is 2.08. The van der Waals surface area contributed by atoms with Crippen LogP contribution in [0.3, 0.4) is 0 Å². The Labute approximate surface area is 122 Å². The van der Waals surface area contributed by atoms with Crippen LogP contribution in [0.5, 0.6) is 0 Å². The van der Waals surface area contributed by atoms with Crippen LogP contribution in [0.25, 0.3) is 0 Å². The van der Waals surface area contributed by atoms with E-state index in [1.54, 1.807) is 13.0 Å². The Bertz CT molecular complexity index is 634. The standard InChI is InChI=1S/C15H16ClNO3/c1-9-4-5-11(16)6-14(9)17-8-12-7-13(10(2)20-12)15(18)19-3/h4-7,17H,8H2,1-3H3. The lowest BCUT2D eigenvalue weighted by molar-refractivity contribution is 0.0599. The van der Waals surface area contributed by atoms with Crippen molar-refractivity contribution in [2.24, 2.45) is 0 Å². The molecular formula is C15H16ClNO3. The molecule has 0 unspecified atom stereocenters. The average molecular weight is 294 g/mol. The third-order valence-electron chi connectivity index (χ3n) is 3.03. The van der Waals surface area contributed by atoms with Gasteiger partial charge in [-0.3, -0.25) is 0 Å². The minimum absolute atomic E-state index is 0.392. The number of ether oxygens (including phenoxy) is 1. The Morgan fingerprint density at radius 3 is 2.80 bits per heavy atom. The van der Waals surface area contributed by atoms with Crippen molar-refractivity contribution in [2.45, 2.75) is 20.4 Å². The molecule has 2 rings (SSSR count). The predicted octanol–water partition coefficient (Wildman–Crippen LogP) is 3.95. The van der Waals surface area contributed by atoms with E-state index in [-0.39, 0.29) is 0 Å². The second-order valence-electron chi connectivity index (χ2n) is 4.49. The van der Waals surface area contributed by atoms with Crippen LogP contribution in [-0.4, -0.2) is 13.1 Å². The van der Waals surface area contributed by atoms with Gasteiger partial charge < -0.3 is 14.5 Å². The summed E-state index contributed by atoms with van der Waals surface area (Å²) in [5.74, 6) is 0.829. The van der Waals surface area contributed by atoms with Crippen LogP contribution in [0.15, 0.2) is 28.7 Å². The van der Waals surface area contributed by atoms with Gasteiger partial charge in [-0.2, -0.15) is 0 Å². The molecule has 20 heavy (non-hydrogen) atoms. The molecule has 0 fully saturated rings. The molecule has 0 spiro atoms. The van der Waals surface area contributed by atoms with E-state index in [4.69, 9.17) is 20.8 Å². The monoisotopic (exact) mass is 293 g/mol. The first-order valence-corrected chi connectivity index (χ1v) is 6.56. The van der Waals surface area contributed by atoms with Crippen molar-refractivity contribution in [3.05, 3.63) is 51.9 Å². The highest BCUT2D eigenvalue weighted by atomic mass is 35.5. The Balaban J connectivity index is 2.11. The van der Waals surface area contributed by atoms with Gasteiger partial charge >= 0.3 is 5.97 Å². The maximum Gasteiger partial charge on any atom is 0.341 e. The first-order chi connectivity index (χ1) is 9.51. The summed E-state index contributed by atoms with van der Waals surface area (Å²) in [4.78, 5) is 11.5. The van der Waals surface area contributed by atoms with Gasteiger partial charge in [0.05, 0.1) is 13.7 Å². The lowest BCUT2D eigenvalue weighted by atomic mass is 10.2. The van der Waals surface area contributed by atoms with Crippen LogP contribution in [0, 0.1) is 13.8 Å². The number of rotatable bonds is 4. The second-order valence-corrected chi connectivity index (χ2v) is 4.92. The van der Waals surface area contributed by atoms with Crippen LogP contribution >= 0.6 is 11.6 Å². The van der Waals surface area contributed by atoms with Gasteiger partial charge in [-0.15, -0.1) is 0 Å². The summed E-state index contributed by atoms with van der Waals surface area (Å²) in [6.07, 6.45) is 0. The number of hydrogen-bond donors (Lipinski definition) is 1. The first kappa shape index (κ1) is 14.5. The van der Waals surface area contributed by atoms with Crippen LogP contribution in [0.2, 0.25) is 5.02 Å². The second kappa shape index (κ2) is 6.01. The molecule has 1 N–H and O–H groups in total. The topological polar surface area (TPSA) is 51.5 Å². The molecule has 0 aliphatic heterocycles. The van der Waals surface area contributed by atoms with Crippen LogP contribution in [0.4, 0.5) is 5.69 Å². The van der Waals surface area contributed by atoms with E-state index >= 15 is 0 Å². The summed E-state index contributed by atoms with van der Waals surface area (Å²) in [6, 6.07) is 7.33. The Hall–Kier alpha value is -1.94. The third kappa shape index (κ3) is 3.14. The zero-order valence-corrected chi connectivity index (χ0v) is 12.4. The number of aryl methyl sites for hydroxylation is 2. The van der Waals surface area contributed by atoms with E-state index in [9.17, 15) is 4.79 Å². The summed E-state index contributed by atoms with van der Waals surface area (Å²) in [7, 11) is 1.35. The number of nitrogens with one attached hydrogen (secondary N) is 1. The van der Waals surface area contributed by atoms with E-state index in [2.05, 4.69) is 5.32 Å². The zero-order chi connectivity index (χ0) is 14.7. The van der Waals surface area contributed by atoms with Crippen molar-refractivity contribution in [3.63, 3.8) is 0 Å². The molecule has 0 amide bonds. The predicted molar refractivity (Wildman–Crippen MR) is 78.3 cm³/mol. The van der Waals surface area contributed by atoms with Crippen molar-refractivity contribution < 1.29 is 13.9 Å².